The zero-order chi connectivity index (χ0) is 37.2. The van der Waals surface area contributed by atoms with E-state index in [0.717, 1.165) is 11.1 Å². The number of amides is 3. The first-order valence-corrected chi connectivity index (χ1v) is 18.5. The van der Waals surface area contributed by atoms with Crippen LogP contribution in [0.5, 0.6) is 5.75 Å². The smallest absolute Gasteiger partial charge is 0.246 e. The number of nitrogens with one attached hydrogen (secondary N) is 2. The van der Waals surface area contributed by atoms with E-state index in [2.05, 4.69) is 44.1 Å². The number of hydrogen-bond donors (Lipinski definition) is 5. The van der Waals surface area contributed by atoms with Gasteiger partial charge in [-0.25, -0.2) is 0 Å². The highest BCUT2D eigenvalue weighted by Crippen LogP contribution is 2.34. The standard InChI is InChI=1S/C39H47N7O5S/c1-23-15-18-52-33(23)25-11-9-24(10-12-25)21-41-37(50)31-19-27(47)22-46(31)38(51)34(39(2,3)4)42-36(49)26-13-16-45(17-14-26)30-20-29(43-44-35(30)40)28-7-5-6-8-32(28)48/h5-12,15,18,20,26-27,31,34,47-48H,13-14,16-17,19,21-22H2,1-4H3,(H2,40,44)(H,41,50)(H,42,49)/t27-,31+,34-/m1/s1. The Bertz CT molecular complexity index is 1920. The average Bonchev–Trinajstić information content (AvgIpc) is 3.74. The molecule has 2 fully saturated rings. The molecule has 0 spiro atoms. The molecule has 13 heteroatoms. The summed E-state index contributed by atoms with van der Waals surface area (Å²) in [7, 11) is 0. The molecule has 3 atom stereocenters. The number of β-amino-alcohol motifs (C(OH)–C–C–N with tert-alkyl or cyclic N) is 1. The topological polar surface area (TPSA) is 174 Å². The fourth-order valence-electron chi connectivity index (χ4n) is 6.98. The number of phenolic OH excluding ortho intramolecular Hbond substituents is 1. The van der Waals surface area contributed by atoms with Crippen LogP contribution in [-0.2, 0) is 20.9 Å². The number of carbonyl (C=O) groups is 3. The fraction of sp³-hybridized carbons (Fsp3) is 0.410. The predicted octanol–water partition coefficient (Wildman–Crippen LogP) is 4.49. The lowest BCUT2D eigenvalue weighted by Gasteiger charge is -2.37. The van der Waals surface area contributed by atoms with E-state index in [1.165, 1.54) is 15.3 Å². The second-order valence-corrected chi connectivity index (χ2v) is 15.7. The van der Waals surface area contributed by atoms with Crippen LogP contribution in [0, 0.1) is 18.3 Å². The van der Waals surface area contributed by atoms with Gasteiger partial charge in [0.05, 0.1) is 17.5 Å². The number of aryl methyl sites for hydroxylation is 1. The Morgan fingerprint density at radius 3 is 2.38 bits per heavy atom. The highest BCUT2D eigenvalue weighted by Gasteiger charge is 2.45. The zero-order valence-electron chi connectivity index (χ0n) is 30.0. The van der Waals surface area contributed by atoms with Crippen LogP contribution in [0.3, 0.4) is 0 Å². The Balaban J connectivity index is 1.07. The number of benzene rings is 2. The summed E-state index contributed by atoms with van der Waals surface area (Å²) in [5.41, 5.74) is 10.5. The number of nitrogens with two attached hydrogens (primary N) is 1. The van der Waals surface area contributed by atoms with Gasteiger partial charge in [-0.2, -0.15) is 0 Å². The monoisotopic (exact) mass is 725 g/mol. The van der Waals surface area contributed by atoms with Crippen molar-refractivity contribution >= 4 is 40.6 Å². The van der Waals surface area contributed by atoms with Crippen LogP contribution in [-0.4, -0.2) is 80.9 Å². The van der Waals surface area contributed by atoms with Crippen LogP contribution in [0.25, 0.3) is 21.7 Å². The van der Waals surface area contributed by atoms with Gasteiger partial charge in [-0.3, -0.25) is 14.4 Å². The van der Waals surface area contributed by atoms with E-state index < -0.39 is 29.5 Å². The molecule has 0 aliphatic carbocycles. The first-order valence-electron chi connectivity index (χ1n) is 17.7. The number of piperidine rings is 1. The number of aromatic hydroxyl groups is 1. The molecular weight excluding hydrogens is 679 g/mol. The van der Waals surface area contributed by atoms with Gasteiger partial charge < -0.3 is 36.4 Å². The first kappa shape index (κ1) is 36.8. The van der Waals surface area contributed by atoms with E-state index in [0.29, 0.717) is 42.9 Å². The molecule has 0 radical (unpaired) electrons. The van der Waals surface area contributed by atoms with Crippen molar-refractivity contribution in [3.05, 3.63) is 77.2 Å². The van der Waals surface area contributed by atoms with Gasteiger partial charge in [0, 0.05) is 49.0 Å². The molecule has 2 aliphatic heterocycles. The molecule has 0 unspecified atom stereocenters. The normalized spacial score (nSPS) is 18.6. The number of aliphatic hydroxyl groups excluding tert-OH is 1. The second kappa shape index (κ2) is 15.3. The third-order valence-electron chi connectivity index (χ3n) is 10.00. The van der Waals surface area contributed by atoms with Crippen molar-refractivity contribution in [2.75, 3.05) is 30.3 Å². The van der Waals surface area contributed by atoms with Crippen LogP contribution < -0.4 is 21.3 Å². The highest BCUT2D eigenvalue weighted by molar-refractivity contribution is 7.13. The molecule has 4 heterocycles. The second-order valence-electron chi connectivity index (χ2n) is 14.8. The molecule has 2 aromatic carbocycles. The number of aromatic nitrogens is 2. The number of para-hydroxylation sites is 1. The van der Waals surface area contributed by atoms with E-state index in [4.69, 9.17) is 5.73 Å². The SMILES string of the molecule is Cc1ccsc1-c1ccc(CNC(=O)[C@@H]2C[C@@H](O)CN2C(=O)[C@@H](NC(=O)C2CCN(c3cc(-c4ccccc4O)nnc3N)CC2)C(C)(C)C)cc1. The van der Waals surface area contributed by atoms with Crippen molar-refractivity contribution in [2.45, 2.75) is 71.7 Å². The van der Waals surface area contributed by atoms with E-state index in [1.54, 1.807) is 41.7 Å². The number of aliphatic hydroxyl groups is 1. The molecule has 274 valence electrons. The summed E-state index contributed by atoms with van der Waals surface area (Å²) in [4.78, 5) is 46.0. The van der Waals surface area contributed by atoms with Gasteiger partial charge in [0.25, 0.3) is 0 Å². The van der Waals surface area contributed by atoms with Crippen molar-refractivity contribution in [3.8, 4) is 27.4 Å². The van der Waals surface area contributed by atoms with Gasteiger partial charge >= 0.3 is 0 Å². The Hall–Kier alpha value is -5.01. The molecule has 0 saturated carbocycles. The lowest BCUT2D eigenvalue weighted by atomic mass is 9.84. The Labute approximate surface area is 308 Å². The Kier molecular flexibility index (Phi) is 10.8. The van der Waals surface area contributed by atoms with E-state index >= 15 is 0 Å². The summed E-state index contributed by atoms with van der Waals surface area (Å²) >= 11 is 1.69. The van der Waals surface area contributed by atoms with Gasteiger partial charge in [-0.1, -0.05) is 57.2 Å². The predicted molar refractivity (Wildman–Crippen MR) is 202 cm³/mol. The van der Waals surface area contributed by atoms with Gasteiger partial charge in [-0.15, -0.1) is 21.5 Å². The summed E-state index contributed by atoms with van der Waals surface area (Å²) in [5.74, 6) is -0.962. The minimum absolute atomic E-state index is 0.0107. The number of nitrogen functional groups attached to an aromatic ring is 1. The highest BCUT2D eigenvalue weighted by atomic mass is 32.1. The number of rotatable bonds is 9. The Morgan fingerprint density at radius 2 is 1.73 bits per heavy atom. The maximum Gasteiger partial charge on any atom is 0.246 e. The third-order valence-corrected chi connectivity index (χ3v) is 11.1. The molecule has 4 aromatic rings. The van der Waals surface area contributed by atoms with Crippen LogP contribution in [0.1, 0.15) is 51.2 Å². The lowest BCUT2D eigenvalue weighted by molar-refractivity contribution is -0.144. The van der Waals surface area contributed by atoms with Crippen LogP contribution in [0.4, 0.5) is 11.5 Å². The van der Waals surface area contributed by atoms with E-state index in [-0.39, 0.29) is 48.8 Å². The minimum atomic E-state index is -0.909. The minimum Gasteiger partial charge on any atom is -0.507 e. The van der Waals surface area contributed by atoms with Gasteiger partial charge in [0.1, 0.15) is 17.8 Å². The number of anilines is 2. The van der Waals surface area contributed by atoms with E-state index in [1.807, 2.05) is 45.0 Å². The number of phenols is 1. The summed E-state index contributed by atoms with van der Waals surface area (Å²) in [6.07, 6.45) is 0.309. The summed E-state index contributed by atoms with van der Waals surface area (Å²) in [5, 5.41) is 37.3. The molecule has 3 amide bonds. The maximum absolute atomic E-state index is 14.1. The molecule has 2 saturated heterocycles. The fourth-order valence-corrected chi connectivity index (χ4v) is 7.91. The summed E-state index contributed by atoms with van der Waals surface area (Å²) < 4.78 is 0. The molecular formula is C39H47N7O5S. The van der Waals surface area contributed by atoms with Crippen molar-refractivity contribution in [1.82, 2.24) is 25.7 Å². The Morgan fingerprint density at radius 1 is 1.02 bits per heavy atom. The molecule has 6 rings (SSSR count). The van der Waals surface area contributed by atoms with Crippen molar-refractivity contribution in [2.24, 2.45) is 11.3 Å². The number of likely N-dealkylation sites (tertiary alicyclic amines) is 1. The van der Waals surface area contributed by atoms with Gasteiger partial charge in [-0.05, 0) is 71.5 Å². The van der Waals surface area contributed by atoms with Crippen molar-refractivity contribution in [3.63, 3.8) is 0 Å². The van der Waals surface area contributed by atoms with Gasteiger partial charge in [0.2, 0.25) is 17.7 Å². The van der Waals surface area contributed by atoms with Crippen LogP contribution in [0.15, 0.2) is 66.0 Å². The van der Waals surface area contributed by atoms with E-state index in [9.17, 15) is 24.6 Å². The number of hydrogen-bond acceptors (Lipinski definition) is 10. The maximum atomic E-state index is 14.1. The number of carbonyl (C=O) groups excluding carboxylic acids is 3. The quantitative estimate of drug-likeness (QED) is 0.167. The number of thiophene rings is 1. The molecule has 2 aliphatic rings. The summed E-state index contributed by atoms with van der Waals surface area (Å²) in [6, 6.07) is 17.0. The lowest BCUT2D eigenvalue weighted by Crippen LogP contribution is -2.58. The molecule has 0 bridgehead atoms. The molecule has 6 N–H and O–H groups in total. The molecule has 2 aromatic heterocycles. The van der Waals surface area contributed by atoms with Crippen LogP contribution >= 0.6 is 11.3 Å². The first-order chi connectivity index (χ1) is 24.8. The summed E-state index contributed by atoms with van der Waals surface area (Å²) in [6.45, 7) is 9.06. The zero-order valence-corrected chi connectivity index (χ0v) is 30.8. The third kappa shape index (κ3) is 8.05. The van der Waals surface area contributed by atoms with Crippen LogP contribution in [0.2, 0.25) is 0 Å². The number of nitrogens with zero attached hydrogens (tertiary/aromatic N) is 4. The van der Waals surface area contributed by atoms with Crippen molar-refractivity contribution in [1.29, 1.82) is 0 Å². The van der Waals surface area contributed by atoms with Gasteiger partial charge in [0.15, 0.2) is 5.82 Å². The van der Waals surface area contributed by atoms with Crippen molar-refractivity contribution < 1.29 is 24.6 Å². The molecule has 52 heavy (non-hydrogen) atoms. The average molecular weight is 726 g/mol. The molecule has 12 nitrogen and oxygen atoms in total. The largest absolute Gasteiger partial charge is 0.507 e.